The van der Waals surface area contributed by atoms with E-state index in [9.17, 15) is 20.4 Å². The molecular weight excluding hydrogens is 292 g/mol. The van der Waals surface area contributed by atoms with Gasteiger partial charge in [-0.15, -0.1) is 0 Å². The summed E-state index contributed by atoms with van der Waals surface area (Å²) in [5.74, 6) is 0.627. The summed E-state index contributed by atoms with van der Waals surface area (Å²) in [6.45, 7) is 7.43. The predicted molar refractivity (Wildman–Crippen MR) is 90.4 cm³/mol. The lowest BCUT2D eigenvalue weighted by Crippen LogP contribution is -2.18. The summed E-state index contributed by atoms with van der Waals surface area (Å²) in [6.07, 6.45) is 1.18. The van der Waals surface area contributed by atoms with Gasteiger partial charge in [0.05, 0.1) is 0 Å². The highest BCUT2D eigenvalue weighted by Gasteiger charge is 2.25. The van der Waals surface area contributed by atoms with Crippen molar-refractivity contribution in [3.8, 4) is 23.0 Å². The van der Waals surface area contributed by atoms with Crippen molar-refractivity contribution >= 4 is 0 Å². The Morgan fingerprint density at radius 1 is 0.826 bits per heavy atom. The van der Waals surface area contributed by atoms with E-state index in [1.54, 1.807) is 32.0 Å². The summed E-state index contributed by atoms with van der Waals surface area (Å²) in [6, 6.07) is 6.24. The quantitative estimate of drug-likeness (QED) is 0.642. The maximum atomic E-state index is 10.2. The third-order valence-electron chi connectivity index (χ3n) is 4.43. The van der Waals surface area contributed by atoms with Gasteiger partial charge in [0.15, 0.2) is 0 Å². The lowest BCUT2D eigenvalue weighted by Gasteiger charge is -2.27. The molecule has 0 atom stereocenters. The Morgan fingerprint density at radius 3 is 2.13 bits per heavy atom. The summed E-state index contributed by atoms with van der Waals surface area (Å²) in [5, 5.41) is 39.9. The zero-order chi connectivity index (χ0) is 17.4. The normalized spacial score (nSPS) is 11.7. The van der Waals surface area contributed by atoms with Crippen LogP contribution in [0.3, 0.4) is 0 Å². The van der Waals surface area contributed by atoms with Gasteiger partial charge in [-0.25, -0.2) is 0 Å². The Balaban J connectivity index is 2.27. The molecule has 124 valence electrons. The molecule has 2 aromatic rings. The smallest absolute Gasteiger partial charge is 0.121 e. The molecule has 0 fully saturated rings. The van der Waals surface area contributed by atoms with Crippen molar-refractivity contribution in [2.24, 2.45) is 0 Å². The zero-order valence-electron chi connectivity index (χ0n) is 14.0. The molecule has 0 radical (unpaired) electrons. The van der Waals surface area contributed by atoms with E-state index >= 15 is 0 Å². The topological polar surface area (TPSA) is 80.9 Å². The lowest BCUT2D eigenvalue weighted by molar-refractivity contribution is 0.406. The standard InChI is InChI=1S/C19H24O4/c1-11-8-17(22)15(10-16(11)21)19(3,4)6-5-13-9-14(20)7-12(2)18(13)23/h7-10,20-23H,5-6H2,1-4H3. The zero-order valence-corrected chi connectivity index (χ0v) is 14.0. The predicted octanol–water partition coefficient (Wildman–Crippen LogP) is 4.04. The summed E-state index contributed by atoms with van der Waals surface area (Å²) >= 11 is 0. The highest BCUT2D eigenvalue weighted by atomic mass is 16.3. The fourth-order valence-corrected chi connectivity index (χ4v) is 2.83. The molecule has 0 saturated heterocycles. The van der Waals surface area contributed by atoms with E-state index in [0.29, 0.717) is 35.1 Å². The van der Waals surface area contributed by atoms with Crippen LogP contribution in [-0.4, -0.2) is 20.4 Å². The number of benzene rings is 2. The molecule has 23 heavy (non-hydrogen) atoms. The minimum absolute atomic E-state index is 0.129. The van der Waals surface area contributed by atoms with Crippen molar-refractivity contribution < 1.29 is 20.4 Å². The van der Waals surface area contributed by atoms with E-state index in [4.69, 9.17) is 0 Å². The first-order valence-corrected chi connectivity index (χ1v) is 7.66. The molecule has 0 aliphatic heterocycles. The second-order valence-corrected chi connectivity index (χ2v) is 6.81. The molecular formula is C19H24O4. The molecule has 0 aliphatic carbocycles. The average Bonchev–Trinajstić information content (AvgIpc) is 2.45. The minimum atomic E-state index is -0.402. The van der Waals surface area contributed by atoms with Crippen molar-refractivity contribution in [1.29, 1.82) is 0 Å². The van der Waals surface area contributed by atoms with Gasteiger partial charge in [-0.2, -0.15) is 0 Å². The van der Waals surface area contributed by atoms with E-state index in [1.165, 1.54) is 6.07 Å². The monoisotopic (exact) mass is 316 g/mol. The number of aromatic hydroxyl groups is 4. The largest absolute Gasteiger partial charge is 0.508 e. The second-order valence-electron chi connectivity index (χ2n) is 6.81. The number of rotatable bonds is 4. The molecule has 4 nitrogen and oxygen atoms in total. The van der Waals surface area contributed by atoms with Gasteiger partial charge in [0.25, 0.3) is 0 Å². The molecule has 4 N–H and O–H groups in total. The Hall–Kier alpha value is -2.36. The van der Waals surface area contributed by atoms with Gasteiger partial charge in [-0.05, 0) is 73.1 Å². The first-order valence-electron chi connectivity index (χ1n) is 7.66. The number of hydrogen-bond acceptors (Lipinski definition) is 4. The van der Waals surface area contributed by atoms with Crippen LogP contribution < -0.4 is 0 Å². The van der Waals surface area contributed by atoms with Crippen molar-refractivity contribution in [2.75, 3.05) is 0 Å². The highest BCUT2D eigenvalue weighted by molar-refractivity contribution is 5.48. The molecule has 4 heteroatoms. The summed E-state index contributed by atoms with van der Waals surface area (Å²) in [5.41, 5.74) is 2.20. The molecule has 0 amide bonds. The van der Waals surface area contributed by atoms with E-state index < -0.39 is 5.41 Å². The first kappa shape index (κ1) is 17.0. The Labute approximate surface area is 136 Å². The molecule has 0 aromatic heterocycles. The van der Waals surface area contributed by atoms with E-state index in [0.717, 1.165) is 0 Å². The molecule has 0 spiro atoms. The van der Waals surface area contributed by atoms with Crippen molar-refractivity contribution in [1.82, 2.24) is 0 Å². The third-order valence-corrected chi connectivity index (χ3v) is 4.43. The molecule has 0 unspecified atom stereocenters. The van der Waals surface area contributed by atoms with Gasteiger partial charge in [-0.3, -0.25) is 0 Å². The van der Waals surface area contributed by atoms with Crippen LogP contribution in [0.1, 0.15) is 42.5 Å². The molecule has 0 aliphatic rings. The summed E-state index contributed by atoms with van der Waals surface area (Å²) in [7, 11) is 0. The molecule has 0 heterocycles. The SMILES string of the molecule is Cc1cc(O)c(C(C)(C)CCc2cc(O)cc(C)c2O)cc1O. The fraction of sp³-hybridized carbons (Fsp3) is 0.368. The molecule has 2 aromatic carbocycles. The molecule has 2 rings (SSSR count). The van der Waals surface area contributed by atoms with Crippen LogP contribution >= 0.6 is 0 Å². The molecule has 0 bridgehead atoms. The first-order chi connectivity index (χ1) is 10.6. The van der Waals surface area contributed by atoms with Crippen molar-refractivity contribution in [2.45, 2.75) is 46.0 Å². The Bertz CT molecular complexity index is 733. The van der Waals surface area contributed by atoms with E-state index in [2.05, 4.69) is 0 Å². The summed E-state index contributed by atoms with van der Waals surface area (Å²) < 4.78 is 0. The van der Waals surface area contributed by atoms with Crippen LogP contribution in [0, 0.1) is 13.8 Å². The maximum Gasteiger partial charge on any atom is 0.121 e. The Morgan fingerprint density at radius 2 is 1.48 bits per heavy atom. The number of hydrogen-bond donors (Lipinski definition) is 4. The van der Waals surface area contributed by atoms with Crippen LogP contribution in [-0.2, 0) is 11.8 Å². The van der Waals surface area contributed by atoms with Gasteiger partial charge in [0.1, 0.15) is 23.0 Å². The van der Waals surface area contributed by atoms with Crippen LogP contribution in [0.15, 0.2) is 24.3 Å². The minimum Gasteiger partial charge on any atom is -0.508 e. The van der Waals surface area contributed by atoms with Crippen LogP contribution in [0.4, 0.5) is 0 Å². The van der Waals surface area contributed by atoms with Crippen LogP contribution in [0.5, 0.6) is 23.0 Å². The third kappa shape index (κ3) is 3.52. The highest BCUT2D eigenvalue weighted by Crippen LogP contribution is 2.39. The van der Waals surface area contributed by atoms with E-state index in [-0.39, 0.29) is 23.0 Å². The maximum absolute atomic E-state index is 10.2. The van der Waals surface area contributed by atoms with Gasteiger partial charge in [-0.1, -0.05) is 13.8 Å². The van der Waals surface area contributed by atoms with Gasteiger partial charge in [0.2, 0.25) is 0 Å². The van der Waals surface area contributed by atoms with Gasteiger partial charge in [0, 0.05) is 5.56 Å². The Kier molecular flexibility index (Phi) is 4.46. The number of aryl methyl sites for hydroxylation is 3. The van der Waals surface area contributed by atoms with Crippen LogP contribution in [0.2, 0.25) is 0 Å². The van der Waals surface area contributed by atoms with E-state index in [1.807, 2.05) is 13.8 Å². The summed E-state index contributed by atoms with van der Waals surface area (Å²) in [4.78, 5) is 0. The molecule has 0 saturated carbocycles. The van der Waals surface area contributed by atoms with Gasteiger partial charge < -0.3 is 20.4 Å². The van der Waals surface area contributed by atoms with Crippen molar-refractivity contribution in [3.05, 3.63) is 46.5 Å². The van der Waals surface area contributed by atoms with Gasteiger partial charge >= 0.3 is 0 Å². The van der Waals surface area contributed by atoms with Crippen molar-refractivity contribution in [3.63, 3.8) is 0 Å². The number of phenolic OH excluding ortho intramolecular Hbond substituents is 4. The fourth-order valence-electron chi connectivity index (χ4n) is 2.83. The second kappa shape index (κ2) is 6.03. The average molecular weight is 316 g/mol. The number of phenols is 4. The lowest BCUT2D eigenvalue weighted by atomic mass is 9.78. The van der Waals surface area contributed by atoms with Crippen LogP contribution in [0.25, 0.3) is 0 Å².